The van der Waals surface area contributed by atoms with Crippen LogP contribution >= 0.6 is 0 Å². The van der Waals surface area contributed by atoms with Gasteiger partial charge in [0.05, 0.1) is 11.4 Å². The summed E-state index contributed by atoms with van der Waals surface area (Å²) >= 11 is 0. The molecule has 0 fully saturated rings. The Morgan fingerprint density at radius 1 is 0.750 bits per heavy atom. The summed E-state index contributed by atoms with van der Waals surface area (Å²) < 4.78 is 6.17. The molecule has 4 heterocycles. The molecule has 1 aliphatic rings. The lowest BCUT2D eigenvalue weighted by Crippen LogP contribution is -2.13. The highest BCUT2D eigenvalue weighted by molar-refractivity contribution is 6.19. The van der Waals surface area contributed by atoms with E-state index >= 15 is 0 Å². The molecule has 4 heteroatoms. The molecule has 0 aliphatic carbocycles. The van der Waals surface area contributed by atoms with Gasteiger partial charge < -0.3 is 9.32 Å². The van der Waals surface area contributed by atoms with Crippen LogP contribution in [-0.4, -0.2) is 9.97 Å². The first-order chi connectivity index (χ1) is 15.9. The monoisotopic (exact) mass is 411 g/mol. The van der Waals surface area contributed by atoms with Crippen molar-refractivity contribution < 1.29 is 4.42 Å². The summed E-state index contributed by atoms with van der Waals surface area (Å²) in [5.41, 5.74) is 6.06. The molecule has 32 heavy (non-hydrogen) atoms. The quantitative estimate of drug-likeness (QED) is 0.299. The summed E-state index contributed by atoms with van der Waals surface area (Å²) in [6.07, 6.45) is 7.96. The maximum Gasteiger partial charge on any atom is 0.137 e. The summed E-state index contributed by atoms with van der Waals surface area (Å²) in [5, 5.41) is 4.67. The van der Waals surface area contributed by atoms with E-state index in [0.29, 0.717) is 0 Å². The first-order valence-electron chi connectivity index (χ1n) is 10.6. The van der Waals surface area contributed by atoms with Crippen LogP contribution in [0.5, 0.6) is 0 Å². The summed E-state index contributed by atoms with van der Waals surface area (Å²) in [6.45, 7) is 0. The van der Waals surface area contributed by atoms with Crippen LogP contribution in [0.15, 0.2) is 102 Å². The molecule has 0 amide bonds. The van der Waals surface area contributed by atoms with Gasteiger partial charge in [-0.3, -0.25) is 4.98 Å². The number of hydrogen-bond acceptors (Lipinski definition) is 4. The molecule has 150 valence electrons. The molecule has 0 saturated heterocycles. The number of benzene rings is 3. The zero-order chi connectivity index (χ0) is 21.1. The molecule has 0 saturated carbocycles. The maximum atomic E-state index is 6.17. The minimum Gasteiger partial charge on any atom is -0.456 e. The Kier molecular flexibility index (Phi) is 3.52. The van der Waals surface area contributed by atoms with Gasteiger partial charge in [0.2, 0.25) is 0 Å². The number of rotatable bonds is 2. The van der Waals surface area contributed by atoms with Gasteiger partial charge in [0.1, 0.15) is 17.0 Å². The van der Waals surface area contributed by atoms with Crippen molar-refractivity contribution in [2.75, 3.05) is 4.90 Å². The number of furan rings is 1. The summed E-state index contributed by atoms with van der Waals surface area (Å²) in [6, 6.07) is 26.8. The average Bonchev–Trinajstić information content (AvgIpc) is 3.23. The fourth-order valence-corrected chi connectivity index (χ4v) is 4.69. The molecule has 3 aromatic heterocycles. The SMILES string of the molecule is C1=CN(c2ccc(-c3ccccn3)cn2)c2cccc3cc4oc5ccccc5c4c1c23. The van der Waals surface area contributed by atoms with E-state index in [1.54, 1.807) is 6.20 Å². The zero-order valence-electron chi connectivity index (χ0n) is 17.1. The molecule has 7 rings (SSSR count). The Morgan fingerprint density at radius 3 is 2.56 bits per heavy atom. The van der Waals surface area contributed by atoms with E-state index < -0.39 is 0 Å². The van der Waals surface area contributed by atoms with Crippen LogP contribution < -0.4 is 4.90 Å². The Morgan fingerprint density at radius 2 is 1.69 bits per heavy atom. The Labute approximate surface area is 184 Å². The Balaban J connectivity index is 1.42. The van der Waals surface area contributed by atoms with Crippen LogP contribution in [0.25, 0.3) is 50.0 Å². The van der Waals surface area contributed by atoms with Crippen molar-refractivity contribution in [1.29, 1.82) is 0 Å². The molecule has 3 aromatic carbocycles. The van der Waals surface area contributed by atoms with Crippen molar-refractivity contribution in [3.63, 3.8) is 0 Å². The third-order valence-electron chi connectivity index (χ3n) is 6.13. The minimum atomic E-state index is 0.872. The Hall–Kier alpha value is -4.44. The van der Waals surface area contributed by atoms with Crippen LogP contribution in [0.2, 0.25) is 0 Å². The fraction of sp³-hybridized carbons (Fsp3) is 0. The molecule has 4 nitrogen and oxygen atoms in total. The number of aromatic nitrogens is 2. The van der Waals surface area contributed by atoms with Crippen molar-refractivity contribution in [3.05, 3.63) is 103 Å². The number of anilines is 2. The van der Waals surface area contributed by atoms with Crippen LogP contribution in [-0.2, 0) is 0 Å². The van der Waals surface area contributed by atoms with Crippen molar-refractivity contribution in [2.24, 2.45) is 0 Å². The molecule has 6 aromatic rings. The molecule has 0 bridgehead atoms. The third kappa shape index (κ3) is 2.44. The molecule has 0 spiro atoms. The van der Waals surface area contributed by atoms with Gasteiger partial charge in [-0.05, 0) is 59.5 Å². The first kappa shape index (κ1) is 17.3. The molecule has 1 aliphatic heterocycles. The highest BCUT2D eigenvalue weighted by Gasteiger charge is 2.21. The van der Waals surface area contributed by atoms with Crippen molar-refractivity contribution in [1.82, 2.24) is 9.97 Å². The Bertz CT molecular complexity index is 1660. The highest BCUT2D eigenvalue weighted by Crippen LogP contribution is 2.44. The van der Waals surface area contributed by atoms with E-state index in [1.807, 2.05) is 42.6 Å². The largest absolute Gasteiger partial charge is 0.456 e. The topological polar surface area (TPSA) is 42.2 Å². The van der Waals surface area contributed by atoms with E-state index in [0.717, 1.165) is 50.1 Å². The standard InChI is InChI=1S/C28H17N3O/c1-2-10-24-20(7-1)28-21-13-15-31(23-9-5-6-18(27(21)23)16-25(28)32-24)26-12-11-19(17-30-26)22-8-3-4-14-29-22/h1-17H. The predicted molar refractivity (Wildman–Crippen MR) is 130 cm³/mol. The van der Waals surface area contributed by atoms with Crippen LogP contribution in [0.1, 0.15) is 5.56 Å². The van der Waals surface area contributed by atoms with Crippen LogP contribution in [0.4, 0.5) is 11.5 Å². The second-order valence-electron chi connectivity index (χ2n) is 7.94. The average molecular weight is 411 g/mol. The van der Waals surface area contributed by atoms with Gasteiger partial charge in [0.25, 0.3) is 0 Å². The number of para-hydroxylation sites is 1. The van der Waals surface area contributed by atoms with E-state index in [2.05, 4.69) is 64.6 Å². The molecular weight excluding hydrogens is 394 g/mol. The summed E-state index contributed by atoms with van der Waals surface area (Å²) in [5.74, 6) is 0.872. The van der Waals surface area contributed by atoms with Crippen molar-refractivity contribution in [3.8, 4) is 11.3 Å². The minimum absolute atomic E-state index is 0.872. The van der Waals surface area contributed by atoms with Gasteiger partial charge in [-0.15, -0.1) is 0 Å². The van der Waals surface area contributed by atoms with Crippen LogP contribution in [0.3, 0.4) is 0 Å². The second-order valence-corrected chi connectivity index (χ2v) is 7.94. The van der Waals surface area contributed by atoms with Gasteiger partial charge >= 0.3 is 0 Å². The van der Waals surface area contributed by atoms with Gasteiger partial charge in [-0.25, -0.2) is 4.98 Å². The van der Waals surface area contributed by atoms with Crippen LogP contribution in [0, 0.1) is 0 Å². The summed E-state index contributed by atoms with van der Waals surface area (Å²) in [7, 11) is 0. The van der Waals surface area contributed by atoms with E-state index in [-0.39, 0.29) is 0 Å². The predicted octanol–water partition coefficient (Wildman–Crippen LogP) is 7.32. The van der Waals surface area contributed by atoms with Crippen molar-refractivity contribution >= 4 is 50.3 Å². The summed E-state index contributed by atoms with van der Waals surface area (Å²) in [4.78, 5) is 11.3. The third-order valence-corrected chi connectivity index (χ3v) is 6.13. The number of nitrogens with zero attached hydrogens (tertiary/aromatic N) is 3. The normalized spacial score (nSPS) is 12.8. The second kappa shape index (κ2) is 6.53. The van der Waals surface area contributed by atoms with E-state index in [9.17, 15) is 0 Å². The fourth-order valence-electron chi connectivity index (χ4n) is 4.69. The zero-order valence-corrected chi connectivity index (χ0v) is 17.1. The molecule has 0 N–H and O–H groups in total. The lowest BCUT2D eigenvalue weighted by Gasteiger charge is -2.26. The van der Waals surface area contributed by atoms with Gasteiger partial charge in [0, 0.05) is 40.3 Å². The molecule has 0 atom stereocenters. The smallest absolute Gasteiger partial charge is 0.137 e. The highest BCUT2D eigenvalue weighted by atomic mass is 16.3. The van der Waals surface area contributed by atoms with Gasteiger partial charge in [-0.2, -0.15) is 0 Å². The van der Waals surface area contributed by atoms with E-state index in [1.165, 1.54) is 10.9 Å². The lowest BCUT2D eigenvalue weighted by atomic mass is 9.95. The van der Waals surface area contributed by atoms with Gasteiger partial charge in [0.15, 0.2) is 0 Å². The number of fused-ring (bicyclic) bond motifs is 4. The molecule has 0 radical (unpaired) electrons. The molecular formula is C28H17N3O. The first-order valence-corrected chi connectivity index (χ1v) is 10.6. The van der Waals surface area contributed by atoms with Gasteiger partial charge in [-0.1, -0.05) is 36.4 Å². The van der Waals surface area contributed by atoms with E-state index in [4.69, 9.17) is 9.40 Å². The number of pyridine rings is 2. The number of hydrogen-bond donors (Lipinski definition) is 0. The maximum absolute atomic E-state index is 6.17. The lowest BCUT2D eigenvalue weighted by molar-refractivity contribution is 0.669. The van der Waals surface area contributed by atoms with Crippen molar-refractivity contribution in [2.45, 2.75) is 0 Å². The molecule has 0 unspecified atom stereocenters.